The van der Waals surface area contributed by atoms with Gasteiger partial charge in [0.15, 0.2) is 0 Å². The van der Waals surface area contributed by atoms with Gasteiger partial charge in [0.2, 0.25) is 0 Å². The summed E-state index contributed by atoms with van der Waals surface area (Å²) in [5, 5.41) is 0. The third kappa shape index (κ3) is 1.95. The fourth-order valence-corrected chi connectivity index (χ4v) is 0.875. The second kappa shape index (κ2) is 3.52. The van der Waals surface area contributed by atoms with Crippen LogP contribution in [0.4, 0.5) is 0 Å². The van der Waals surface area contributed by atoms with Gasteiger partial charge in [-0.2, -0.15) is 0 Å². The van der Waals surface area contributed by atoms with Gasteiger partial charge in [0.05, 0.1) is 0 Å². The van der Waals surface area contributed by atoms with Crippen LogP contribution in [0.2, 0.25) is 0 Å². The van der Waals surface area contributed by atoms with Crippen molar-refractivity contribution in [1.82, 2.24) is 9.97 Å². The van der Waals surface area contributed by atoms with Crippen molar-refractivity contribution in [3.05, 3.63) is 23.8 Å². The Hall–Kier alpha value is -0.630. The van der Waals surface area contributed by atoms with E-state index < -0.39 is 0 Å². The molecule has 1 aromatic heterocycles. The molecule has 1 heterocycles. The summed E-state index contributed by atoms with van der Waals surface area (Å²) in [7, 11) is 0. The van der Waals surface area contributed by atoms with Crippen LogP contribution >= 0.6 is 11.6 Å². The second-order valence-electron chi connectivity index (χ2n) is 2.05. The van der Waals surface area contributed by atoms with Crippen molar-refractivity contribution in [3.8, 4) is 0 Å². The number of aryl methyl sites for hydroxylation is 2. The van der Waals surface area contributed by atoms with E-state index in [0.29, 0.717) is 5.88 Å². The molecule has 3 heteroatoms. The lowest BCUT2D eigenvalue weighted by Crippen LogP contribution is -1.96. The van der Waals surface area contributed by atoms with Crippen LogP contribution in [0.25, 0.3) is 0 Å². The number of rotatable bonds is 2. The van der Waals surface area contributed by atoms with Crippen molar-refractivity contribution in [2.75, 3.05) is 5.88 Å². The number of alkyl halides is 1. The summed E-state index contributed by atoms with van der Waals surface area (Å²) < 4.78 is 0. The molecule has 54 valence electrons. The first-order valence-corrected chi connectivity index (χ1v) is 3.71. The molecule has 0 amide bonds. The van der Waals surface area contributed by atoms with Crippen molar-refractivity contribution in [1.29, 1.82) is 0 Å². The summed E-state index contributed by atoms with van der Waals surface area (Å²) in [4.78, 5) is 8.20. The van der Waals surface area contributed by atoms with E-state index in [9.17, 15) is 0 Å². The minimum absolute atomic E-state index is 0.587. The molecule has 0 N–H and O–H groups in total. The average Bonchev–Trinajstić information content (AvgIpc) is 1.88. The molecule has 1 aromatic rings. The molecular formula is C7H9ClN2. The topological polar surface area (TPSA) is 25.8 Å². The largest absolute Gasteiger partial charge is 0.241 e. The Morgan fingerprint density at radius 1 is 1.60 bits per heavy atom. The zero-order chi connectivity index (χ0) is 7.40. The highest BCUT2D eigenvalue weighted by molar-refractivity contribution is 6.17. The van der Waals surface area contributed by atoms with Crippen molar-refractivity contribution in [2.45, 2.75) is 13.3 Å². The lowest BCUT2D eigenvalue weighted by atomic mass is 10.4. The maximum Gasteiger partial charge on any atom is 0.129 e. The smallest absolute Gasteiger partial charge is 0.129 e. The normalized spacial score (nSPS) is 9.80. The monoisotopic (exact) mass is 156 g/mol. The van der Waals surface area contributed by atoms with E-state index in [-0.39, 0.29) is 0 Å². The quantitative estimate of drug-likeness (QED) is 0.608. The van der Waals surface area contributed by atoms with Crippen LogP contribution in [0.3, 0.4) is 0 Å². The minimum atomic E-state index is 0.587. The summed E-state index contributed by atoms with van der Waals surface area (Å²) in [6.07, 6.45) is 2.51. The lowest BCUT2D eigenvalue weighted by Gasteiger charge is -1.95. The first-order valence-electron chi connectivity index (χ1n) is 3.17. The highest BCUT2D eigenvalue weighted by Gasteiger charge is 1.93. The fraction of sp³-hybridized carbons (Fsp3) is 0.429. The van der Waals surface area contributed by atoms with Crippen LogP contribution in [0, 0.1) is 6.92 Å². The molecule has 2 nitrogen and oxygen atoms in total. The van der Waals surface area contributed by atoms with Gasteiger partial charge in [-0.3, -0.25) is 0 Å². The van der Waals surface area contributed by atoms with Crippen molar-refractivity contribution in [2.24, 2.45) is 0 Å². The van der Waals surface area contributed by atoms with E-state index >= 15 is 0 Å². The van der Waals surface area contributed by atoms with E-state index in [1.165, 1.54) is 0 Å². The molecule has 10 heavy (non-hydrogen) atoms. The molecule has 0 fully saturated rings. The van der Waals surface area contributed by atoms with Gasteiger partial charge in [-0.1, -0.05) is 0 Å². The molecule has 0 unspecified atom stereocenters. The molecule has 0 spiro atoms. The standard InChI is InChI=1S/C7H9ClN2/c1-6-3-5-9-7(10-6)2-4-8/h3,5H,2,4H2,1H3. The summed E-state index contributed by atoms with van der Waals surface area (Å²) in [6, 6.07) is 1.87. The molecule has 0 saturated carbocycles. The van der Waals surface area contributed by atoms with Gasteiger partial charge >= 0.3 is 0 Å². The Labute approximate surface area is 65.3 Å². The highest BCUT2D eigenvalue weighted by Crippen LogP contribution is 1.94. The summed E-state index contributed by atoms with van der Waals surface area (Å²) >= 11 is 5.51. The van der Waals surface area contributed by atoms with Gasteiger partial charge in [-0.05, 0) is 13.0 Å². The molecule has 0 bridgehead atoms. The van der Waals surface area contributed by atoms with E-state index in [2.05, 4.69) is 9.97 Å². The first kappa shape index (κ1) is 7.48. The molecular weight excluding hydrogens is 148 g/mol. The predicted octanol–water partition coefficient (Wildman–Crippen LogP) is 1.57. The third-order valence-electron chi connectivity index (χ3n) is 1.16. The Balaban J connectivity index is 2.75. The van der Waals surface area contributed by atoms with Gasteiger partial charge in [-0.25, -0.2) is 9.97 Å². The molecule has 0 aliphatic heterocycles. The zero-order valence-corrected chi connectivity index (χ0v) is 6.60. The summed E-state index contributed by atoms with van der Waals surface area (Å²) in [5.41, 5.74) is 0.995. The van der Waals surface area contributed by atoms with E-state index in [4.69, 9.17) is 11.6 Å². The van der Waals surface area contributed by atoms with Crippen molar-refractivity contribution >= 4 is 11.6 Å². The molecule has 0 atom stereocenters. The third-order valence-corrected chi connectivity index (χ3v) is 1.35. The number of aromatic nitrogens is 2. The predicted molar refractivity (Wildman–Crippen MR) is 41.2 cm³/mol. The van der Waals surface area contributed by atoms with Gasteiger partial charge in [0.25, 0.3) is 0 Å². The molecule has 0 saturated heterocycles. The number of nitrogens with zero attached hydrogens (tertiary/aromatic N) is 2. The molecule has 0 radical (unpaired) electrons. The maximum atomic E-state index is 5.51. The van der Waals surface area contributed by atoms with E-state index in [1.807, 2.05) is 13.0 Å². The first-order chi connectivity index (χ1) is 4.83. The van der Waals surface area contributed by atoms with Crippen LogP contribution in [0.15, 0.2) is 12.3 Å². The fourth-order valence-electron chi connectivity index (χ4n) is 0.706. The summed E-state index contributed by atoms with van der Waals surface area (Å²) in [6.45, 7) is 1.94. The average molecular weight is 157 g/mol. The molecule has 1 rings (SSSR count). The van der Waals surface area contributed by atoms with E-state index in [0.717, 1.165) is 17.9 Å². The lowest BCUT2D eigenvalue weighted by molar-refractivity contribution is 0.922. The van der Waals surface area contributed by atoms with Crippen LogP contribution in [-0.4, -0.2) is 15.8 Å². The van der Waals surface area contributed by atoms with Crippen LogP contribution < -0.4 is 0 Å². The molecule has 0 aliphatic rings. The summed E-state index contributed by atoms with van der Waals surface area (Å²) in [5.74, 6) is 1.42. The molecule has 0 aliphatic carbocycles. The zero-order valence-electron chi connectivity index (χ0n) is 5.84. The second-order valence-corrected chi connectivity index (χ2v) is 2.43. The highest BCUT2D eigenvalue weighted by atomic mass is 35.5. The van der Waals surface area contributed by atoms with Crippen molar-refractivity contribution in [3.63, 3.8) is 0 Å². The number of hydrogen-bond donors (Lipinski definition) is 0. The maximum absolute atomic E-state index is 5.51. The van der Waals surface area contributed by atoms with E-state index in [1.54, 1.807) is 6.20 Å². The van der Waals surface area contributed by atoms with Gasteiger partial charge < -0.3 is 0 Å². The number of hydrogen-bond acceptors (Lipinski definition) is 2. The minimum Gasteiger partial charge on any atom is -0.241 e. The van der Waals surface area contributed by atoms with Gasteiger partial charge in [0.1, 0.15) is 5.82 Å². The Kier molecular flexibility index (Phi) is 2.63. The SMILES string of the molecule is Cc1ccnc(CCCl)n1. The molecule has 0 aromatic carbocycles. The van der Waals surface area contributed by atoms with Crippen LogP contribution in [-0.2, 0) is 6.42 Å². The van der Waals surface area contributed by atoms with Crippen molar-refractivity contribution < 1.29 is 0 Å². The van der Waals surface area contributed by atoms with Gasteiger partial charge in [-0.15, -0.1) is 11.6 Å². The Morgan fingerprint density at radius 3 is 3.00 bits per heavy atom. The van der Waals surface area contributed by atoms with Crippen LogP contribution in [0.5, 0.6) is 0 Å². The Bertz CT molecular complexity index is 213. The Morgan fingerprint density at radius 2 is 2.40 bits per heavy atom. The van der Waals surface area contributed by atoms with Gasteiger partial charge in [0, 0.05) is 24.2 Å². The number of halogens is 1. The van der Waals surface area contributed by atoms with Crippen LogP contribution in [0.1, 0.15) is 11.5 Å².